The molecule has 0 fully saturated rings. The van der Waals surface area contributed by atoms with Crippen LogP contribution in [0.3, 0.4) is 0 Å². The van der Waals surface area contributed by atoms with E-state index in [0.29, 0.717) is 6.42 Å². The number of aliphatic carboxylic acids is 1. The standard InChI is InChI=1S/C19H19NO4S/c1-14-7-10-17(11-8-14)25(23,24)20-13-16(19(21)22)9-12-18(20)15-5-3-2-4-6-15/h2-11,18H,12-13H2,1H3,(H,21,22)/t18-/m1/s1. The Morgan fingerprint density at radius 3 is 2.32 bits per heavy atom. The van der Waals surface area contributed by atoms with Crippen molar-refractivity contribution in [2.45, 2.75) is 24.3 Å². The second-order valence-corrected chi connectivity index (χ2v) is 7.95. The van der Waals surface area contributed by atoms with Crippen LogP contribution in [0.2, 0.25) is 0 Å². The normalized spacial score (nSPS) is 18.6. The molecule has 0 radical (unpaired) electrons. The van der Waals surface area contributed by atoms with Crippen molar-refractivity contribution in [3.8, 4) is 0 Å². The smallest absolute Gasteiger partial charge is 0.332 e. The van der Waals surface area contributed by atoms with Gasteiger partial charge >= 0.3 is 5.97 Å². The molecule has 1 heterocycles. The lowest BCUT2D eigenvalue weighted by Crippen LogP contribution is -2.39. The van der Waals surface area contributed by atoms with E-state index in [-0.39, 0.29) is 17.0 Å². The molecular weight excluding hydrogens is 338 g/mol. The number of carboxylic acids is 1. The number of carbonyl (C=O) groups is 1. The molecule has 1 atom stereocenters. The summed E-state index contributed by atoms with van der Waals surface area (Å²) >= 11 is 0. The first kappa shape index (κ1) is 17.4. The van der Waals surface area contributed by atoms with Crippen LogP contribution in [-0.2, 0) is 14.8 Å². The maximum atomic E-state index is 13.2. The first-order valence-electron chi connectivity index (χ1n) is 7.95. The molecule has 1 N–H and O–H groups in total. The Balaban J connectivity index is 2.06. The van der Waals surface area contributed by atoms with Crippen LogP contribution in [0.15, 0.2) is 71.1 Å². The van der Waals surface area contributed by atoms with Gasteiger partial charge in [-0.25, -0.2) is 13.2 Å². The second kappa shape index (κ2) is 6.82. The quantitative estimate of drug-likeness (QED) is 0.912. The van der Waals surface area contributed by atoms with Crippen molar-refractivity contribution in [2.24, 2.45) is 0 Å². The molecule has 1 aliphatic rings. The molecule has 0 saturated carbocycles. The number of nitrogens with zero attached hydrogens (tertiary/aromatic N) is 1. The molecule has 5 nitrogen and oxygen atoms in total. The van der Waals surface area contributed by atoms with Gasteiger partial charge in [0.25, 0.3) is 0 Å². The minimum absolute atomic E-state index is 0.0999. The lowest BCUT2D eigenvalue weighted by molar-refractivity contribution is -0.133. The summed E-state index contributed by atoms with van der Waals surface area (Å²) in [6.07, 6.45) is 1.94. The van der Waals surface area contributed by atoms with Gasteiger partial charge in [-0.05, 0) is 31.0 Å². The molecule has 6 heteroatoms. The van der Waals surface area contributed by atoms with E-state index in [9.17, 15) is 18.3 Å². The Kier molecular flexibility index (Phi) is 4.74. The van der Waals surface area contributed by atoms with Crippen molar-refractivity contribution in [2.75, 3.05) is 6.54 Å². The maximum absolute atomic E-state index is 13.2. The SMILES string of the molecule is Cc1ccc(S(=O)(=O)N2CC(C(=O)O)=CC[C@@H]2c2ccccc2)cc1. The number of carboxylic acid groups (broad SMARTS) is 1. The molecule has 2 aromatic carbocycles. The molecule has 2 aromatic rings. The van der Waals surface area contributed by atoms with E-state index in [2.05, 4.69) is 0 Å². The molecule has 0 unspecified atom stereocenters. The number of sulfonamides is 1. The molecule has 1 aliphatic heterocycles. The summed E-state index contributed by atoms with van der Waals surface area (Å²) in [6.45, 7) is 1.74. The van der Waals surface area contributed by atoms with Crippen molar-refractivity contribution >= 4 is 16.0 Å². The highest BCUT2D eigenvalue weighted by Gasteiger charge is 2.36. The van der Waals surface area contributed by atoms with Crippen LogP contribution in [0.1, 0.15) is 23.6 Å². The Morgan fingerprint density at radius 2 is 1.72 bits per heavy atom. The zero-order chi connectivity index (χ0) is 18.0. The number of hydrogen-bond acceptors (Lipinski definition) is 3. The van der Waals surface area contributed by atoms with Crippen molar-refractivity contribution in [1.82, 2.24) is 4.31 Å². The summed E-state index contributed by atoms with van der Waals surface area (Å²) in [4.78, 5) is 11.5. The highest BCUT2D eigenvalue weighted by Crippen LogP contribution is 2.34. The third-order valence-electron chi connectivity index (χ3n) is 4.35. The average Bonchev–Trinajstić information content (AvgIpc) is 2.62. The third kappa shape index (κ3) is 3.50. The predicted molar refractivity (Wildman–Crippen MR) is 94.6 cm³/mol. The predicted octanol–water partition coefficient (Wildman–Crippen LogP) is 3.14. The second-order valence-electron chi connectivity index (χ2n) is 6.06. The third-order valence-corrected chi connectivity index (χ3v) is 6.22. The van der Waals surface area contributed by atoms with Crippen molar-refractivity contribution < 1.29 is 18.3 Å². The number of benzene rings is 2. The molecule has 0 bridgehead atoms. The number of rotatable bonds is 4. The summed E-state index contributed by atoms with van der Waals surface area (Å²) in [5.41, 5.74) is 1.91. The van der Waals surface area contributed by atoms with Gasteiger partial charge in [0.2, 0.25) is 10.0 Å². The monoisotopic (exact) mass is 357 g/mol. The van der Waals surface area contributed by atoms with E-state index in [4.69, 9.17) is 0 Å². The van der Waals surface area contributed by atoms with Crippen molar-refractivity contribution in [1.29, 1.82) is 0 Å². The molecule has 3 rings (SSSR count). The first-order valence-corrected chi connectivity index (χ1v) is 9.39. The van der Waals surface area contributed by atoms with Gasteiger partial charge < -0.3 is 5.11 Å². The summed E-state index contributed by atoms with van der Waals surface area (Å²) in [6, 6.07) is 15.5. The largest absolute Gasteiger partial charge is 0.478 e. The number of hydrogen-bond donors (Lipinski definition) is 1. The van der Waals surface area contributed by atoms with E-state index in [1.165, 1.54) is 4.31 Å². The summed E-state index contributed by atoms with van der Waals surface area (Å²) in [7, 11) is -3.81. The van der Waals surface area contributed by atoms with Gasteiger partial charge in [0, 0.05) is 12.1 Å². The van der Waals surface area contributed by atoms with Crippen LogP contribution in [0, 0.1) is 6.92 Å². The lowest BCUT2D eigenvalue weighted by atomic mass is 9.98. The van der Waals surface area contributed by atoms with E-state index in [0.717, 1.165) is 11.1 Å². The van der Waals surface area contributed by atoms with Crippen molar-refractivity contribution in [3.05, 3.63) is 77.4 Å². The molecule has 130 valence electrons. The van der Waals surface area contributed by atoms with Gasteiger partial charge in [0.05, 0.1) is 10.9 Å². The van der Waals surface area contributed by atoms with Crippen LogP contribution in [-0.4, -0.2) is 30.3 Å². The minimum atomic E-state index is -3.81. The van der Waals surface area contributed by atoms with Gasteiger partial charge in [-0.1, -0.05) is 54.1 Å². The minimum Gasteiger partial charge on any atom is -0.478 e. The molecule has 0 amide bonds. The maximum Gasteiger partial charge on any atom is 0.332 e. The van der Waals surface area contributed by atoms with Gasteiger partial charge in [0.1, 0.15) is 0 Å². The highest BCUT2D eigenvalue weighted by molar-refractivity contribution is 7.89. The fourth-order valence-electron chi connectivity index (χ4n) is 2.94. The van der Waals surface area contributed by atoms with Gasteiger partial charge in [-0.15, -0.1) is 0 Å². The van der Waals surface area contributed by atoms with E-state index in [1.54, 1.807) is 30.3 Å². The zero-order valence-electron chi connectivity index (χ0n) is 13.8. The molecule has 0 aromatic heterocycles. The Morgan fingerprint density at radius 1 is 1.08 bits per heavy atom. The van der Waals surface area contributed by atoms with Crippen LogP contribution >= 0.6 is 0 Å². The number of aryl methyl sites for hydroxylation is 1. The Bertz CT molecular complexity index is 902. The highest BCUT2D eigenvalue weighted by atomic mass is 32.2. The topological polar surface area (TPSA) is 74.7 Å². The van der Waals surface area contributed by atoms with Gasteiger partial charge in [0.15, 0.2) is 0 Å². The van der Waals surface area contributed by atoms with Crippen LogP contribution < -0.4 is 0 Å². The molecule has 0 saturated heterocycles. The van der Waals surface area contributed by atoms with Crippen LogP contribution in [0.25, 0.3) is 0 Å². The fourth-order valence-corrected chi connectivity index (χ4v) is 4.55. The van der Waals surface area contributed by atoms with E-state index in [1.807, 2.05) is 37.3 Å². The molecule has 25 heavy (non-hydrogen) atoms. The van der Waals surface area contributed by atoms with Crippen molar-refractivity contribution in [3.63, 3.8) is 0 Å². The summed E-state index contributed by atoms with van der Waals surface area (Å²) in [5, 5.41) is 9.30. The average molecular weight is 357 g/mol. The summed E-state index contributed by atoms with van der Waals surface area (Å²) < 4.78 is 27.6. The molecular formula is C19H19NO4S. The Labute approximate surface area is 147 Å². The van der Waals surface area contributed by atoms with Crippen LogP contribution in [0.4, 0.5) is 0 Å². The molecule has 0 aliphatic carbocycles. The van der Waals surface area contributed by atoms with Gasteiger partial charge in [-0.3, -0.25) is 0 Å². The van der Waals surface area contributed by atoms with E-state index < -0.39 is 22.0 Å². The van der Waals surface area contributed by atoms with Gasteiger partial charge in [-0.2, -0.15) is 4.31 Å². The first-order chi connectivity index (χ1) is 11.9. The summed E-state index contributed by atoms with van der Waals surface area (Å²) in [5.74, 6) is -1.09. The fraction of sp³-hybridized carbons (Fsp3) is 0.211. The zero-order valence-corrected chi connectivity index (χ0v) is 14.6. The molecule has 0 spiro atoms. The lowest BCUT2D eigenvalue weighted by Gasteiger charge is -2.34. The van der Waals surface area contributed by atoms with E-state index >= 15 is 0 Å². The Hall–Kier alpha value is -2.44. The van der Waals surface area contributed by atoms with Crippen LogP contribution in [0.5, 0.6) is 0 Å².